The van der Waals surface area contributed by atoms with E-state index in [1.54, 1.807) is 25.1 Å². The predicted molar refractivity (Wildman–Crippen MR) is 74.7 cm³/mol. The fourth-order valence-corrected chi connectivity index (χ4v) is 1.94. The number of halogens is 1. The second-order valence-corrected chi connectivity index (χ2v) is 4.68. The van der Waals surface area contributed by atoms with Crippen molar-refractivity contribution < 1.29 is 9.50 Å². The highest BCUT2D eigenvalue weighted by Crippen LogP contribution is 2.10. The summed E-state index contributed by atoms with van der Waals surface area (Å²) in [6, 6.07) is 12.4. The molecule has 0 aromatic heterocycles. The SMILES string of the molecule is Cc1cc(CNCCc2ccc(O)cc2)ccc1F. The van der Waals surface area contributed by atoms with Crippen LogP contribution in [-0.4, -0.2) is 11.7 Å². The van der Waals surface area contributed by atoms with Crippen molar-refractivity contribution in [3.63, 3.8) is 0 Å². The minimum Gasteiger partial charge on any atom is -0.508 e. The Morgan fingerprint density at radius 3 is 2.42 bits per heavy atom. The average molecular weight is 259 g/mol. The normalized spacial score (nSPS) is 10.6. The first-order valence-corrected chi connectivity index (χ1v) is 6.39. The van der Waals surface area contributed by atoms with Crippen LogP contribution in [0.5, 0.6) is 5.75 Å². The molecule has 0 heterocycles. The van der Waals surface area contributed by atoms with Gasteiger partial charge in [0.15, 0.2) is 0 Å². The van der Waals surface area contributed by atoms with Crippen LogP contribution in [0.4, 0.5) is 4.39 Å². The highest BCUT2D eigenvalue weighted by atomic mass is 19.1. The number of nitrogens with one attached hydrogen (secondary N) is 1. The molecule has 100 valence electrons. The van der Waals surface area contributed by atoms with Gasteiger partial charge in [-0.2, -0.15) is 0 Å². The van der Waals surface area contributed by atoms with Gasteiger partial charge in [-0.05, 0) is 54.8 Å². The zero-order chi connectivity index (χ0) is 13.7. The van der Waals surface area contributed by atoms with Crippen LogP contribution in [0.25, 0.3) is 0 Å². The first-order chi connectivity index (χ1) is 9.15. The van der Waals surface area contributed by atoms with Gasteiger partial charge in [0, 0.05) is 6.54 Å². The van der Waals surface area contributed by atoms with Crippen molar-refractivity contribution in [1.29, 1.82) is 0 Å². The van der Waals surface area contributed by atoms with Crippen LogP contribution in [-0.2, 0) is 13.0 Å². The summed E-state index contributed by atoms with van der Waals surface area (Å²) in [7, 11) is 0. The van der Waals surface area contributed by atoms with Crippen LogP contribution >= 0.6 is 0 Å². The molecule has 19 heavy (non-hydrogen) atoms. The molecule has 0 amide bonds. The van der Waals surface area contributed by atoms with Gasteiger partial charge in [0.05, 0.1) is 0 Å². The number of hydrogen-bond donors (Lipinski definition) is 2. The summed E-state index contributed by atoms with van der Waals surface area (Å²) in [6.07, 6.45) is 0.903. The number of aromatic hydroxyl groups is 1. The summed E-state index contributed by atoms with van der Waals surface area (Å²) in [5.41, 5.74) is 2.95. The van der Waals surface area contributed by atoms with Crippen molar-refractivity contribution in [2.24, 2.45) is 0 Å². The quantitative estimate of drug-likeness (QED) is 0.808. The Hall–Kier alpha value is -1.87. The van der Waals surface area contributed by atoms with Gasteiger partial charge in [0.25, 0.3) is 0 Å². The summed E-state index contributed by atoms with van der Waals surface area (Å²) in [4.78, 5) is 0. The summed E-state index contributed by atoms with van der Waals surface area (Å²) in [5.74, 6) is 0.131. The highest BCUT2D eigenvalue weighted by Gasteiger charge is 1.99. The molecule has 0 aliphatic rings. The molecule has 0 aliphatic heterocycles. The van der Waals surface area contributed by atoms with Crippen molar-refractivity contribution in [3.8, 4) is 5.75 Å². The second kappa shape index (κ2) is 6.34. The summed E-state index contributed by atoms with van der Waals surface area (Å²) in [5, 5.41) is 12.5. The first-order valence-electron chi connectivity index (χ1n) is 6.39. The fraction of sp³-hybridized carbons (Fsp3) is 0.250. The second-order valence-electron chi connectivity index (χ2n) is 4.68. The molecule has 0 aliphatic carbocycles. The van der Waals surface area contributed by atoms with Gasteiger partial charge in [-0.15, -0.1) is 0 Å². The zero-order valence-corrected chi connectivity index (χ0v) is 11.0. The van der Waals surface area contributed by atoms with Crippen LogP contribution in [0.1, 0.15) is 16.7 Å². The van der Waals surface area contributed by atoms with Gasteiger partial charge in [-0.1, -0.05) is 24.3 Å². The molecule has 2 nitrogen and oxygen atoms in total. The fourth-order valence-electron chi connectivity index (χ4n) is 1.94. The van der Waals surface area contributed by atoms with E-state index in [-0.39, 0.29) is 5.82 Å². The molecule has 2 aromatic carbocycles. The Bertz CT molecular complexity index is 537. The molecule has 0 unspecified atom stereocenters. The Kier molecular flexibility index (Phi) is 4.53. The van der Waals surface area contributed by atoms with E-state index in [1.807, 2.05) is 18.2 Å². The standard InChI is InChI=1S/C16H18FNO/c1-12-10-14(4-7-16(12)17)11-18-9-8-13-2-5-15(19)6-3-13/h2-7,10,18-19H,8-9,11H2,1H3. The number of hydrogen-bond acceptors (Lipinski definition) is 2. The van der Waals surface area contributed by atoms with Crippen molar-refractivity contribution >= 4 is 0 Å². The van der Waals surface area contributed by atoms with E-state index in [1.165, 1.54) is 11.6 Å². The maximum Gasteiger partial charge on any atom is 0.126 e. The Morgan fingerprint density at radius 1 is 1.05 bits per heavy atom. The van der Waals surface area contributed by atoms with Gasteiger partial charge in [0.1, 0.15) is 11.6 Å². The van der Waals surface area contributed by atoms with Gasteiger partial charge in [-0.3, -0.25) is 0 Å². The maximum absolute atomic E-state index is 13.1. The molecule has 3 heteroatoms. The van der Waals surface area contributed by atoms with Crippen LogP contribution < -0.4 is 5.32 Å². The summed E-state index contributed by atoms with van der Waals surface area (Å²) in [6.45, 7) is 3.36. The van der Waals surface area contributed by atoms with E-state index in [2.05, 4.69) is 5.32 Å². The number of phenolic OH excluding ortho intramolecular Hbond substituents is 1. The molecule has 0 saturated carbocycles. The van der Waals surface area contributed by atoms with Crippen LogP contribution in [0.2, 0.25) is 0 Å². The molecule has 0 spiro atoms. The molecule has 0 bridgehead atoms. The molecule has 0 radical (unpaired) electrons. The number of aryl methyl sites for hydroxylation is 1. The molecule has 0 atom stereocenters. The lowest BCUT2D eigenvalue weighted by Crippen LogP contribution is -2.16. The number of rotatable bonds is 5. The molecular formula is C16H18FNO. The van der Waals surface area contributed by atoms with E-state index in [0.29, 0.717) is 11.3 Å². The molecular weight excluding hydrogens is 241 g/mol. The van der Waals surface area contributed by atoms with Gasteiger partial charge in [0.2, 0.25) is 0 Å². The number of phenols is 1. The molecule has 2 rings (SSSR count). The van der Waals surface area contributed by atoms with Gasteiger partial charge in [-0.25, -0.2) is 4.39 Å². The number of benzene rings is 2. The van der Waals surface area contributed by atoms with E-state index < -0.39 is 0 Å². The molecule has 0 fully saturated rings. The Balaban J connectivity index is 1.77. The van der Waals surface area contributed by atoms with E-state index in [0.717, 1.165) is 25.1 Å². The molecule has 2 N–H and O–H groups in total. The third-order valence-corrected chi connectivity index (χ3v) is 3.08. The minimum absolute atomic E-state index is 0.159. The van der Waals surface area contributed by atoms with E-state index in [4.69, 9.17) is 0 Å². The highest BCUT2D eigenvalue weighted by molar-refractivity contribution is 5.26. The Morgan fingerprint density at radius 2 is 1.74 bits per heavy atom. The lowest BCUT2D eigenvalue weighted by atomic mass is 10.1. The third-order valence-electron chi connectivity index (χ3n) is 3.08. The van der Waals surface area contributed by atoms with Gasteiger partial charge >= 0.3 is 0 Å². The minimum atomic E-state index is -0.159. The van der Waals surface area contributed by atoms with E-state index in [9.17, 15) is 9.50 Å². The largest absolute Gasteiger partial charge is 0.508 e. The average Bonchev–Trinajstić information content (AvgIpc) is 2.41. The monoisotopic (exact) mass is 259 g/mol. The van der Waals surface area contributed by atoms with E-state index >= 15 is 0 Å². The lowest BCUT2D eigenvalue weighted by molar-refractivity contribution is 0.475. The lowest BCUT2D eigenvalue weighted by Gasteiger charge is -2.06. The predicted octanol–water partition coefficient (Wildman–Crippen LogP) is 3.17. The topological polar surface area (TPSA) is 32.3 Å². The summed E-state index contributed by atoms with van der Waals surface area (Å²) < 4.78 is 13.1. The van der Waals surface area contributed by atoms with Crippen LogP contribution in [0.3, 0.4) is 0 Å². The van der Waals surface area contributed by atoms with Crippen molar-refractivity contribution in [2.45, 2.75) is 19.9 Å². The summed E-state index contributed by atoms with van der Waals surface area (Å²) >= 11 is 0. The smallest absolute Gasteiger partial charge is 0.126 e. The molecule has 2 aromatic rings. The first kappa shape index (κ1) is 13.6. The van der Waals surface area contributed by atoms with Crippen molar-refractivity contribution in [2.75, 3.05) is 6.54 Å². The maximum atomic E-state index is 13.1. The van der Waals surface area contributed by atoms with Crippen LogP contribution in [0, 0.1) is 12.7 Å². The van der Waals surface area contributed by atoms with Gasteiger partial charge < -0.3 is 10.4 Å². The van der Waals surface area contributed by atoms with Crippen molar-refractivity contribution in [3.05, 3.63) is 65.0 Å². The van der Waals surface area contributed by atoms with Crippen LogP contribution in [0.15, 0.2) is 42.5 Å². The Labute approximate surface area is 112 Å². The third kappa shape index (κ3) is 4.07. The van der Waals surface area contributed by atoms with Crippen molar-refractivity contribution in [1.82, 2.24) is 5.32 Å². The molecule has 0 saturated heterocycles. The zero-order valence-electron chi connectivity index (χ0n) is 11.0.